The normalized spacial score (nSPS) is 17.6. The lowest BCUT2D eigenvalue weighted by atomic mass is 10.0. The van der Waals surface area contributed by atoms with Crippen LogP contribution in [0.15, 0.2) is 40.9 Å². The highest BCUT2D eigenvalue weighted by molar-refractivity contribution is 9.10. The van der Waals surface area contributed by atoms with E-state index in [-0.39, 0.29) is 5.91 Å². The number of aliphatic hydroxyl groups is 1. The summed E-state index contributed by atoms with van der Waals surface area (Å²) in [5, 5.41) is 10.9. The van der Waals surface area contributed by atoms with Crippen LogP contribution >= 0.6 is 27.5 Å². The molecule has 3 nitrogen and oxygen atoms in total. The third kappa shape index (κ3) is 3.30. The van der Waals surface area contributed by atoms with Gasteiger partial charge >= 0.3 is 0 Å². The molecule has 23 heavy (non-hydrogen) atoms. The molecule has 0 aliphatic carbocycles. The van der Waals surface area contributed by atoms with E-state index in [0.29, 0.717) is 23.6 Å². The Labute approximate surface area is 149 Å². The number of hydrogen-bond acceptors (Lipinski definition) is 2. The Kier molecular flexibility index (Phi) is 4.76. The van der Waals surface area contributed by atoms with Crippen molar-refractivity contribution < 1.29 is 9.90 Å². The van der Waals surface area contributed by atoms with E-state index in [1.807, 2.05) is 31.2 Å². The molecule has 1 heterocycles. The van der Waals surface area contributed by atoms with Gasteiger partial charge in [-0.3, -0.25) is 4.79 Å². The van der Waals surface area contributed by atoms with Crippen LogP contribution in [0.25, 0.3) is 0 Å². The summed E-state index contributed by atoms with van der Waals surface area (Å²) in [5.74, 6) is -0.0485. The molecule has 0 saturated heterocycles. The molecule has 0 radical (unpaired) electrons. The van der Waals surface area contributed by atoms with Gasteiger partial charge in [-0.1, -0.05) is 27.5 Å². The predicted molar refractivity (Wildman–Crippen MR) is 96.2 cm³/mol. The van der Waals surface area contributed by atoms with Crippen LogP contribution in [0.2, 0.25) is 5.02 Å². The first-order valence-electron chi connectivity index (χ1n) is 7.53. The van der Waals surface area contributed by atoms with Gasteiger partial charge in [0.1, 0.15) is 0 Å². The fraction of sp³-hybridized carbons (Fsp3) is 0.278. The number of benzene rings is 2. The van der Waals surface area contributed by atoms with Crippen LogP contribution in [0.3, 0.4) is 0 Å². The first kappa shape index (κ1) is 16.5. The molecule has 1 aliphatic heterocycles. The molecule has 1 N–H and O–H groups in total. The van der Waals surface area contributed by atoms with Gasteiger partial charge in [0.05, 0.1) is 6.10 Å². The lowest BCUT2D eigenvalue weighted by molar-refractivity contribution is 0.0986. The monoisotopic (exact) mass is 393 g/mol. The molecule has 2 aromatic rings. The second-order valence-electron chi connectivity index (χ2n) is 5.78. The van der Waals surface area contributed by atoms with Gasteiger partial charge in [-0.05, 0) is 61.7 Å². The molecule has 0 aromatic heterocycles. The number of rotatable bonds is 1. The van der Waals surface area contributed by atoms with Crippen LogP contribution in [0, 0.1) is 6.92 Å². The summed E-state index contributed by atoms with van der Waals surface area (Å²) >= 11 is 9.49. The molecule has 1 aliphatic rings. The molecule has 3 rings (SSSR count). The van der Waals surface area contributed by atoms with Crippen LogP contribution in [-0.2, 0) is 0 Å². The van der Waals surface area contributed by atoms with Crippen LogP contribution in [-0.4, -0.2) is 17.6 Å². The fourth-order valence-corrected chi connectivity index (χ4v) is 3.64. The third-order valence-electron chi connectivity index (χ3n) is 4.16. The minimum absolute atomic E-state index is 0.0485. The molecule has 1 unspecified atom stereocenters. The van der Waals surface area contributed by atoms with Crippen molar-refractivity contribution in [2.24, 2.45) is 0 Å². The summed E-state index contributed by atoms with van der Waals surface area (Å²) < 4.78 is 0.949. The van der Waals surface area contributed by atoms with Crippen molar-refractivity contribution in [1.29, 1.82) is 0 Å². The Balaban J connectivity index is 2.05. The second-order valence-corrected chi connectivity index (χ2v) is 7.13. The van der Waals surface area contributed by atoms with Crippen molar-refractivity contribution in [3.8, 4) is 0 Å². The summed E-state index contributed by atoms with van der Waals surface area (Å²) in [5.41, 5.74) is 3.06. The van der Waals surface area contributed by atoms with Gasteiger partial charge in [-0.15, -0.1) is 0 Å². The average Bonchev–Trinajstić information content (AvgIpc) is 2.66. The fourth-order valence-electron chi connectivity index (χ4n) is 2.98. The Hall–Kier alpha value is -1.36. The van der Waals surface area contributed by atoms with E-state index in [2.05, 4.69) is 15.9 Å². The van der Waals surface area contributed by atoms with E-state index in [0.717, 1.165) is 27.7 Å². The van der Waals surface area contributed by atoms with E-state index in [1.54, 1.807) is 17.0 Å². The molecule has 0 fully saturated rings. The molecular formula is C18H17BrClNO2. The summed E-state index contributed by atoms with van der Waals surface area (Å²) in [4.78, 5) is 14.8. The summed E-state index contributed by atoms with van der Waals surface area (Å²) in [7, 11) is 0. The summed E-state index contributed by atoms with van der Waals surface area (Å²) in [6.45, 7) is 2.51. The number of aliphatic hydroxyl groups excluding tert-OH is 1. The molecule has 0 bridgehead atoms. The maximum Gasteiger partial charge on any atom is 0.258 e. The van der Waals surface area contributed by atoms with Crippen molar-refractivity contribution in [3.63, 3.8) is 0 Å². The third-order valence-corrected chi connectivity index (χ3v) is 4.89. The van der Waals surface area contributed by atoms with Crippen LogP contribution < -0.4 is 4.90 Å². The molecule has 120 valence electrons. The van der Waals surface area contributed by atoms with Gasteiger partial charge in [0.25, 0.3) is 5.91 Å². The van der Waals surface area contributed by atoms with Crippen molar-refractivity contribution in [2.45, 2.75) is 25.9 Å². The largest absolute Gasteiger partial charge is 0.388 e. The number of amides is 1. The lowest BCUT2D eigenvalue weighted by Gasteiger charge is -2.24. The molecule has 0 spiro atoms. The van der Waals surface area contributed by atoms with Crippen molar-refractivity contribution >= 4 is 39.1 Å². The number of carbonyl (C=O) groups excluding carboxylic acids is 1. The maximum atomic E-state index is 13.0. The molecular weight excluding hydrogens is 378 g/mol. The zero-order valence-electron chi connectivity index (χ0n) is 12.7. The first-order valence-corrected chi connectivity index (χ1v) is 8.70. The highest BCUT2D eigenvalue weighted by Gasteiger charge is 2.27. The highest BCUT2D eigenvalue weighted by atomic mass is 79.9. The van der Waals surface area contributed by atoms with Gasteiger partial charge in [0.15, 0.2) is 0 Å². The molecule has 1 amide bonds. The van der Waals surface area contributed by atoms with Crippen molar-refractivity contribution in [3.05, 3.63) is 62.6 Å². The number of fused-ring (bicyclic) bond motifs is 1. The van der Waals surface area contributed by atoms with Gasteiger partial charge < -0.3 is 10.0 Å². The Bertz CT molecular complexity index is 763. The van der Waals surface area contributed by atoms with Crippen molar-refractivity contribution in [2.75, 3.05) is 11.4 Å². The first-order chi connectivity index (χ1) is 11.0. The van der Waals surface area contributed by atoms with Crippen LogP contribution in [0.1, 0.15) is 40.4 Å². The minimum Gasteiger partial charge on any atom is -0.388 e. The Morgan fingerprint density at radius 1 is 1.30 bits per heavy atom. The van der Waals surface area contributed by atoms with Crippen molar-refractivity contribution in [1.82, 2.24) is 0 Å². The van der Waals surface area contributed by atoms with E-state index in [1.165, 1.54) is 0 Å². The van der Waals surface area contributed by atoms with Gasteiger partial charge in [-0.2, -0.15) is 0 Å². The number of aryl methyl sites for hydroxylation is 1. The Morgan fingerprint density at radius 3 is 2.83 bits per heavy atom. The van der Waals surface area contributed by atoms with E-state index < -0.39 is 6.10 Å². The van der Waals surface area contributed by atoms with E-state index in [4.69, 9.17) is 11.6 Å². The predicted octanol–water partition coefficient (Wildman–Crippen LogP) is 4.88. The summed E-state index contributed by atoms with van der Waals surface area (Å²) in [6.07, 6.45) is 0.776. The standard InChI is InChI=1S/C18H17BrClNO2/c1-11-9-12(19)4-6-14(11)18(23)21-8-2-3-17(22)15-10-13(20)5-7-16(15)21/h4-7,9-10,17,22H,2-3,8H2,1H3. The lowest BCUT2D eigenvalue weighted by Crippen LogP contribution is -2.32. The van der Waals surface area contributed by atoms with Crippen LogP contribution in [0.5, 0.6) is 0 Å². The number of nitrogens with zero attached hydrogens (tertiary/aromatic N) is 1. The topological polar surface area (TPSA) is 40.5 Å². The Morgan fingerprint density at radius 2 is 2.09 bits per heavy atom. The number of carbonyl (C=O) groups is 1. The van der Waals surface area contributed by atoms with Gasteiger partial charge in [0.2, 0.25) is 0 Å². The van der Waals surface area contributed by atoms with E-state index in [9.17, 15) is 9.90 Å². The smallest absolute Gasteiger partial charge is 0.258 e. The van der Waals surface area contributed by atoms with Crippen LogP contribution in [0.4, 0.5) is 5.69 Å². The minimum atomic E-state index is -0.590. The zero-order valence-corrected chi connectivity index (χ0v) is 15.1. The molecule has 5 heteroatoms. The zero-order chi connectivity index (χ0) is 16.6. The van der Waals surface area contributed by atoms with Gasteiger partial charge in [-0.25, -0.2) is 0 Å². The summed E-state index contributed by atoms with van der Waals surface area (Å²) in [6, 6.07) is 11.0. The highest BCUT2D eigenvalue weighted by Crippen LogP contribution is 2.35. The molecule has 2 aromatic carbocycles. The molecule has 1 atom stereocenters. The van der Waals surface area contributed by atoms with Gasteiger partial charge in [0, 0.05) is 32.9 Å². The second kappa shape index (κ2) is 6.63. The van der Waals surface area contributed by atoms with E-state index >= 15 is 0 Å². The molecule has 0 saturated carbocycles. The SMILES string of the molecule is Cc1cc(Br)ccc1C(=O)N1CCCC(O)c2cc(Cl)ccc21. The average molecular weight is 395 g/mol. The maximum absolute atomic E-state index is 13.0. The number of anilines is 1. The number of hydrogen-bond donors (Lipinski definition) is 1. The quantitative estimate of drug-likeness (QED) is 0.748. The number of halogens is 2.